The third-order valence-electron chi connectivity index (χ3n) is 3.06. The van der Waals surface area contributed by atoms with Gasteiger partial charge in [0.25, 0.3) is 5.56 Å². The van der Waals surface area contributed by atoms with Crippen LogP contribution >= 0.6 is 0 Å². The van der Waals surface area contributed by atoms with Crippen LogP contribution in [-0.4, -0.2) is 16.3 Å². The van der Waals surface area contributed by atoms with Crippen molar-refractivity contribution in [1.29, 1.82) is 0 Å². The predicted octanol–water partition coefficient (Wildman–Crippen LogP) is 2.73. The molecule has 4 heteroatoms. The van der Waals surface area contributed by atoms with E-state index >= 15 is 0 Å². The van der Waals surface area contributed by atoms with Crippen molar-refractivity contribution < 1.29 is 0 Å². The summed E-state index contributed by atoms with van der Waals surface area (Å²) in [5.41, 5.74) is 4.22. The highest BCUT2D eigenvalue weighted by atomic mass is 16.1. The Balaban J connectivity index is 2.19. The second-order valence-corrected chi connectivity index (χ2v) is 5.16. The number of rotatable bonds is 5. The molecule has 106 valence electrons. The summed E-state index contributed by atoms with van der Waals surface area (Å²) >= 11 is 0. The van der Waals surface area contributed by atoms with Crippen LogP contribution in [0.25, 0.3) is 0 Å². The lowest BCUT2D eigenvalue weighted by Gasteiger charge is -2.09. The van der Waals surface area contributed by atoms with E-state index in [0.29, 0.717) is 6.54 Å². The van der Waals surface area contributed by atoms with Gasteiger partial charge in [0.2, 0.25) is 0 Å². The fraction of sp³-hybridized carbons (Fsp3) is 0.375. The average molecular weight is 271 g/mol. The van der Waals surface area contributed by atoms with Crippen LogP contribution in [0, 0.1) is 13.8 Å². The van der Waals surface area contributed by atoms with E-state index in [9.17, 15) is 4.79 Å². The van der Waals surface area contributed by atoms with Gasteiger partial charge in [0.05, 0.1) is 18.4 Å². The fourth-order valence-electron chi connectivity index (χ4n) is 2.25. The first-order valence-electron chi connectivity index (χ1n) is 6.96. The Morgan fingerprint density at radius 3 is 2.45 bits per heavy atom. The molecule has 1 N–H and O–H groups in total. The molecule has 0 unspecified atom stereocenters. The lowest BCUT2D eigenvalue weighted by atomic mass is 10.1. The van der Waals surface area contributed by atoms with Crippen LogP contribution in [0.2, 0.25) is 0 Å². The Labute approximate surface area is 119 Å². The molecule has 0 bridgehead atoms. The van der Waals surface area contributed by atoms with Gasteiger partial charge in [0.15, 0.2) is 0 Å². The van der Waals surface area contributed by atoms with E-state index < -0.39 is 0 Å². The third kappa shape index (κ3) is 3.70. The Kier molecular flexibility index (Phi) is 4.56. The third-order valence-corrected chi connectivity index (χ3v) is 3.06. The molecular weight excluding hydrogens is 250 g/mol. The molecule has 0 aliphatic carbocycles. The number of nitrogens with zero attached hydrogens (tertiary/aromatic N) is 2. The highest BCUT2D eigenvalue weighted by Gasteiger charge is 2.02. The maximum atomic E-state index is 12.0. The molecule has 0 radical (unpaired) electrons. The lowest BCUT2D eigenvalue weighted by Crippen LogP contribution is -2.23. The van der Waals surface area contributed by atoms with Crippen molar-refractivity contribution >= 4 is 5.69 Å². The first-order chi connectivity index (χ1) is 9.58. The Hall–Kier alpha value is -2.10. The number of hydrogen-bond donors (Lipinski definition) is 1. The summed E-state index contributed by atoms with van der Waals surface area (Å²) in [6.45, 7) is 7.56. The minimum atomic E-state index is -0.0785. The van der Waals surface area contributed by atoms with Gasteiger partial charge in [-0.1, -0.05) is 36.2 Å². The molecule has 1 aromatic heterocycles. The molecule has 0 fully saturated rings. The lowest BCUT2D eigenvalue weighted by molar-refractivity contribution is 0.639. The number of hydrogen-bond acceptors (Lipinski definition) is 3. The molecule has 1 heterocycles. The van der Waals surface area contributed by atoms with E-state index in [4.69, 9.17) is 0 Å². The van der Waals surface area contributed by atoms with Gasteiger partial charge >= 0.3 is 0 Å². The van der Waals surface area contributed by atoms with Gasteiger partial charge in [0, 0.05) is 12.6 Å². The zero-order valence-corrected chi connectivity index (χ0v) is 12.3. The Bertz CT molecular complexity index is 626. The van der Waals surface area contributed by atoms with Crippen molar-refractivity contribution in [3.05, 3.63) is 57.5 Å². The number of aromatic nitrogens is 2. The van der Waals surface area contributed by atoms with Crippen molar-refractivity contribution in [3.8, 4) is 0 Å². The second kappa shape index (κ2) is 6.37. The first kappa shape index (κ1) is 14.3. The molecule has 0 aliphatic rings. The molecule has 0 aliphatic heterocycles. The average Bonchev–Trinajstić information content (AvgIpc) is 2.38. The SMILES string of the molecule is CCCNc1cnn(Cc2cc(C)cc(C)c2)c(=O)c1. The van der Waals surface area contributed by atoms with Crippen molar-refractivity contribution in [2.45, 2.75) is 33.7 Å². The zero-order chi connectivity index (χ0) is 14.5. The molecule has 0 saturated heterocycles. The van der Waals surface area contributed by atoms with E-state index in [1.165, 1.54) is 15.8 Å². The number of benzene rings is 1. The van der Waals surface area contributed by atoms with Crippen molar-refractivity contribution in [3.63, 3.8) is 0 Å². The van der Waals surface area contributed by atoms with Crippen molar-refractivity contribution in [1.82, 2.24) is 9.78 Å². The van der Waals surface area contributed by atoms with Crippen LogP contribution in [0.4, 0.5) is 5.69 Å². The van der Waals surface area contributed by atoms with E-state index in [0.717, 1.165) is 24.2 Å². The van der Waals surface area contributed by atoms with Gasteiger partial charge in [-0.15, -0.1) is 0 Å². The summed E-state index contributed by atoms with van der Waals surface area (Å²) in [6, 6.07) is 7.90. The van der Waals surface area contributed by atoms with Crippen molar-refractivity contribution in [2.75, 3.05) is 11.9 Å². The smallest absolute Gasteiger partial charge is 0.269 e. The predicted molar refractivity (Wildman–Crippen MR) is 82.3 cm³/mol. The second-order valence-electron chi connectivity index (χ2n) is 5.16. The Morgan fingerprint density at radius 2 is 1.85 bits per heavy atom. The highest BCUT2D eigenvalue weighted by Crippen LogP contribution is 2.09. The molecule has 20 heavy (non-hydrogen) atoms. The van der Waals surface area contributed by atoms with Gasteiger partial charge in [-0.2, -0.15) is 5.10 Å². The Morgan fingerprint density at radius 1 is 1.15 bits per heavy atom. The number of aryl methyl sites for hydroxylation is 2. The summed E-state index contributed by atoms with van der Waals surface area (Å²) in [6.07, 6.45) is 2.73. The van der Waals surface area contributed by atoms with Gasteiger partial charge in [-0.25, -0.2) is 4.68 Å². The molecule has 2 rings (SSSR count). The monoisotopic (exact) mass is 271 g/mol. The molecule has 0 spiro atoms. The van der Waals surface area contributed by atoms with Crippen LogP contribution in [0.5, 0.6) is 0 Å². The molecule has 1 aromatic carbocycles. The quantitative estimate of drug-likeness (QED) is 0.909. The van der Waals surface area contributed by atoms with Crippen LogP contribution in [-0.2, 0) is 6.54 Å². The van der Waals surface area contributed by atoms with E-state index in [1.54, 1.807) is 12.3 Å². The van der Waals surface area contributed by atoms with E-state index in [1.807, 2.05) is 0 Å². The van der Waals surface area contributed by atoms with Crippen LogP contribution in [0.1, 0.15) is 30.0 Å². The minimum absolute atomic E-state index is 0.0785. The molecule has 0 atom stereocenters. The van der Waals surface area contributed by atoms with Gasteiger partial charge in [-0.3, -0.25) is 4.79 Å². The number of nitrogens with one attached hydrogen (secondary N) is 1. The summed E-state index contributed by atoms with van der Waals surface area (Å²) in [5.74, 6) is 0. The normalized spacial score (nSPS) is 10.6. The fourth-order valence-corrected chi connectivity index (χ4v) is 2.25. The minimum Gasteiger partial charge on any atom is -0.384 e. The van der Waals surface area contributed by atoms with Crippen LogP contribution < -0.4 is 10.9 Å². The molecule has 4 nitrogen and oxygen atoms in total. The van der Waals surface area contributed by atoms with Crippen LogP contribution in [0.3, 0.4) is 0 Å². The van der Waals surface area contributed by atoms with E-state index in [2.05, 4.69) is 49.4 Å². The molecule has 0 amide bonds. The van der Waals surface area contributed by atoms with Gasteiger partial charge < -0.3 is 5.32 Å². The van der Waals surface area contributed by atoms with Crippen molar-refractivity contribution in [2.24, 2.45) is 0 Å². The number of anilines is 1. The van der Waals surface area contributed by atoms with Gasteiger partial charge in [-0.05, 0) is 25.8 Å². The highest BCUT2D eigenvalue weighted by molar-refractivity contribution is 5.38. The van der Waals surface area contributed by atoms with Gasteiger partial charge in [0.1, 0.15) is 0 Å². The topological polar surface area (TPSA) is 46.9 Å². The summed E-state index contributed by atoms with van der Waals surface area (Å²) in [7, 11) is 0. The summed E-state index contributed by atoms with van der Waals surface area (Å²) in [4.78, 5) is 12.0. The largest absolute Gasteiger partial charge is 0.384 e. The summed E-state index contributed by atoms with van der Waals surface area (Å²) < 4.78 is 1.49. The zero-order valence-electron chi connectivity index (χ0n) is 12.3. The summed E-state index contributed by atoms with van der Waals surface area (Å²) in [5, 5.41) is 7.40. The molecule has 0 saturated carbocycles. The maximum absolute atomic E-state index is 12.0. The van der Waals surface area contributed by atoms with E-state index in [-0.39, 0.29) is 5.56 Å². The standard InChI is InChI=1S/C16H21N3O/c1-4-5-17-15-9-16(20)19(18-10-15)11-14-7-12(2)6-13(3)8-14/h6-10,17H,4-5,11H2,1-3H3. The maximum Gasteiger partial charge on any atom is 0.269 e. The molecule has 2 aromatic rings. The first-order valence-corrected chi connectivity index (χ1v) is 6.96. The molecular formula is C16H21N3O. The van der Waals surface area contributed by atoms with Crippen LogP contribution in [0.15, 0.2) is 35.3 Å².